The minimum absolute atomic E-state index is 0.143. The predicted molar refractivity (Wildman–Crippen MR) is 202 cm³/mol. The average molecular weight is 628 g/mol. The topological polar surface area (TPSA) is 38.7 Å². The maximum Gasteiger partial charge on any atom is 0.160 e. The molecular formula is C46H33N3. The Balaban J connectivity index is 1.26. The quantitative estimate of drug-likeness (QED) is 0.191. The summed E-state index contributed by atoms with van der Waals surface area (Å²) < 4.78 is 0. The molecule has 0 amide bonds. The molecule has 0 spiro atoms. The second-order valence-corrected chi connectivity index (χ2v) is 13.3. The number of benzene rings is 6. The van der Waals surface area contributed by atoms with E-state index in [0.29, 0.717) is 5.82 Å². The van der Waals surface area contributed by atoms with E-state index in [1.165, 1.54) is 38.6 Å². The van der Waals surface area contributed by atoms with Crippen molar-refractivity contribution in [2.45, 2.75) is 19.3 Å². The van der Waals surface area contributed by atoms with Crippen molar-refractivity contribution in [3.8, 4) is 67.3 Å². The van der Waals surface area contributed by atoms with Gasteiger partial charge in [0, 0.05) is 34.5 Å². The summed E-state index contributed by atoms with van der Waals surface area (Å²) in [6.45, 7) is 4.68. The van der Waals surface area contributed by atoms with Crippen molar-refractivity contribution in [3.05, 3.63) is 175 Å². The van der Waals surface area contributed by atoms with Crippen LogP contribution in [0.4, 0.5) is 0 Å². The van der Waals surface area contributed by atoms with Gasteiger partial charge >= 0.3 is 0 Å². The predicted octanol–water partition coefficient (Wildman–Crippen LogP) is 11.7. The molecule has 0 radical (unpaired) electrons. The summed E-state index contributed by atoms with van der Waals surface area (Å²) in [5, 5.41) is 2.52. The molecule has 3 nitrogen and oxygen atoms in total. The average Bonchev–Trinajstić information content (AvgIpc) is 3.42. The lowest BCUT2D eigenvalue weighted by atomic mass is 9.82. The SMILES string of the molecule is CC1(C)c2cccc(-c3cc(-c4ccc(-c5cccnc5)cc4)nc(-c4cccc(-c5ccccc5)c4)n3)c2-c2c1ccc1ccccc21. The van der Waals surface area contributed by atoms with Gasteiger partial charge in [0.05, 0.1) is 11.4 Å². The van der Waals surface area contributed by atoms with Crippen molar-refractivity contribution in [1.82, 2.24) is 15.0 Å². The lowest BCUT2D eigenvalue weighted by molar-refractivity contribution is 0.661. The van der Waals surface area contributed by atoms with Gasteiger partial charge in [-0.1, -0.05) is 147 Å². The van der Waals surface area contributed by atoms with Crippen LogP contribution in [0.25, 0.3) is 78.1 Å². The molecule has 2 heterocycles. The molecule has 1 aliphatic rings. The number of hydrogen-bond acceptors (Lipinski definition) is 3. The van der Waals surface area contributed by atoms with Gasteiger partial charge in [0.1, 0.15) is 0 Å². The highest BCUT2D eigenvalue weighted by molar-refractivity contribution is 6.06. The molecule has 0 aliphatic heterocycles. The highest BCUT2D eigenvalue weighted by Gasteiger charge is 2.38. The summed E-state index contributed by atoms with van der Waals surface area (Å²) >= 11 is 0. The summed E-state index contributed by atoms with van der Waals surface area (Å²) in [6, 6.07) is 53.9. The van der Waals surface area contributed by atoms with Gasteiger partial charge in [-0.3, -0.25) is 4.98 Å². The zero-order valence-electron chi connectivity index (χ0n) is 27.4. The van der Waals surface area contributed by atoms with Gasteiger partial charge < -0.3 is 0 Å². The number of aromatic nitrogens is 3. The fourth-order valence-electron chi connectivity index (χ4n) is 7.46. The van der Waals surface area contributed by atoms with E-state index < -0.39 is 0 Å². The van der Waals surface area contributed by atoms with Crippen LogP contribution in [0.1, 0.15) is 25.0 Å². The van der Waals surface area contributed by atoms with Crippen LogP contribution in [-0.2, 0) is 5.41 Å². The summed E-state index contributed by atoms with van der Waals surface area (Å²) in [4.78, 5) is 14.9. The molecular weight excluding hydrogens is 595 g/mol. The van der Waals surface area contributed by atoms with E-state index in [1.54, 1.807) is 6.20 Å². The highest BCUT2D eigenvalue weighted by atomic mass is 14.9. The molecule has 2 aromatic heterocycles. The summed E-state index contributed by atoms with van der Waals surface area (Å²) in [5.41, 5.74) is 14.5. The molecule has 0 fully saturated rings. The third-order valence-corrected chi connectivity index (χ3v) is 10.00. The van der Waals surface area contributed by atoms with Crippen molar-refractivity contribution in [2.75, 3.05) is 0 Å². The van der Waals surface area contributed by atoms with E-state index in [0.717, 1.165) is 44.8 Å². The standard InChI is InChI=1S/C46H33N3/c1-46(2)39-19-9-18-38(44(39)43-37-17-7-6-13-32(37)24-25-40(43)46)42-28-41(33-22-20-31(21-23-33)36-16-10-26-47-29-36)48-45(49-42)35-15-8-14-34(27-35)30-11-4-3-5-12-30/h3-29H,1-2H3. The molecule has 0 saturated heterocycles. The first-order valence-electron chi connectivity index (χ1n) is 16.8. The first-order valence-corrected chi connectivity index (χ1v) is 16.8. The zero-order chi connectivity index (χ0) is 33.0. The summed E-state index contributed by atoms with van der Waals surface area (Å²) in [6.07, 6.45) is 3.70. The van der Waals surface area contributed by atoms with E-state index in [-0.39, 0.29) is 5.41 Å². The zero-order valence-corrected chi connectivity index (χ0v) is 27.4. The van der Waals surface area contributed by atoms with Crippen LogP contribution in [0.15, 0.2) is 164 Å². The van der Waals surface area contributed by atoms with Gasteiger partial charge in [0.2, 0.25) is 0 Å². The first-order chi connectivity index (χ1) is 24.0. The van der Waals surface area contributed by atoms with E-state index in [1.807, 2.05) is 18.3 Å². The second kappa shape index (κ2) is 11.5. The maximum absolute atomic E-state index is 5.36. The molecule has 0 saturated carbocycles. The Hall–Kier alpha value is -6.19. The van der Waals surface area contributed by atoms with Crippen molar-refractivity contribution in [3.63, 3.8) is 0 Å². The van der Waals surface area contributed by atoms with Crippen LogP contribution < -0.4 is 0 Å². The fraction of sp³-hybridized carbons (Fsp3) is 0.0652. The number of pyridine rings is 1. The Morgan fingerprint density at radius 1 is 0.449 bits per heavy atom. The van der Waals surface area contributed by atoms with Gasteiger partial charge in [-0.25, -0.2) is 9.97 Å². The molecule has 0 N–H and O–H groups in total. The lowest BCUT2D eigenvalue weighted by Crippen LogP contribution is -2.14. The van der Waals surface area contributed by atoms with E-state index in [2.05, 4.69) is 158 Å². The van der Waals surface area contributed by atoms with Gasteiger partial charge in [-0.2, -0.15) is 0 Å². The maximum atomic E-state index is 5.36. The van der Waals surface area contributed by atoms with Gasteiger partial charge in [-0.05, 0) is 73.5 Å². The van der Waals surface area contributed by atoms with Crippen molar-refractivity contribution in [1.29, 1.82) is 0 Å². The van der Waals surface area contributed by atoms with Crippen molar-refractivity contribution < 1.29 is 0 Å². The Bertz CT molecular complexity index is 2500. The fourth-order valence-corrected chi connectivity index (χ4v) is 7.46. The first kappa shape index (κ1) is 29.0. The smallest absolute Gasteiger partial charge is 0.160 e. The summed E-state index contributed by atoms with van der Waals surface area (Å²) in [7, 11) is 0. The van der Waals surface area contributed by atoms with Crippen molar-refractivity contribution in [2.24, 2.45) is 0 Å². The third-order valence-electron chi connectivity index (χ3n) is 10.00. The molecule has 3 heteroatoms. The Kier molecular flexibility index (Phi) is 6.80. The van der Waals surface area contributed by atoms with Crippen LogP contribution in [-0.4, -0.2) is 15.0 Å². The molecule has 1 aliphatic carbocycles. The normalized spacial score (nSPS) is 12.9. The van der Waals surface area contributed by atoms with Crippen molar-refractivity contribution >= 4 is 10.8 Å². The third kappa shape index (κ3) is 4.94. The molecule has 0 bridgehead atoms. The van der Waals surface area contributed by atoms with Crippen LogP contribution in [0.3, 0.4) is 0 Å². The number of nitrogens with zero attached hydrogens (tertiary/aromatic N) is 3. The second-order valence-electron chi connectivity index (χ2n) is 13.3. The lowest BCUT2D eigenvalue weighted by Gasteiger charge is -2.21. The molecule has 9 rings (SSSR count). The van der Waals surface area contributed by atoms with Crippen LogP contribution in [0, 0.1) is 0 Å². The minimum atomic E-state index is -0.143. The van der Waals surface area contributed by atoms with Gasteiger partial charge in [0.15, 0.2) is 5.82 Å². The Morgan fingerprint density at radius 2 is 1.12 bits per heavy atom. The van der Waals surface area contributed by atoms with E-state index in [4.69, 9.17) is 9.97 Å². The van der Waals surface area contributed by atoms with Crippen LogP contribution in [0.5, 0.6) is 0 Å². The Morgan fingerprint density at radius 3 is 1.96 bits per heavy atom. The van der Waals surface area contributed by atoms with Gasteiger partial charge in [0.25, 0.3) is 0 Å². The molecule has 8 aromatic rings. The number of hydrogen-bond donors (Lipinski definition) is 0. The number of rotatable bonds is 5. The minimum Gasteiger partial charge on any atom is -0.264 e. The molecule has 0 atom stereocenters. The monoisotopic (exact) mass is 627 g/mol. The highest BCUT2D eigenvalue weighted by Crippen LogP contribution is 2.54. The molecule has 0 unspecified atom stereocenters. The van der Waals surface area contributed by atoms with E-state index in [9.17, 15) is 0 Å². The van der Waals surface area contributed by atoms with Gasteiger partial charge in [-0.15, -0.1) is 0 Å². The van der Waals surface area contributed by atoms with E-state index >= 15 is 0 Å². The van der Waals surface area contributed by atoms with Crippen LogP contribution in [0.2, 0.25) is 0 Å². The largest absolute Gasteiger partial charge is 0.264 e. The van der Waals surface area contributed by atoms with Crippen LogP contribution >= 0.6 is 0 Å². The molecule has 6 aromatic carbocycles. The Labute approximate surface area is 286 Å². The molecule has 49 heavy (non-hydrogen) atoms. The molecule has 232 valence electrons. The summed E-state index contributed by atoms with van der Waals surface area (Å²) in [5.74, 6) is 0.703. The number of fused-ring (bicyclic) bond motifs is 5.